The molecule has 0 heterocycles. The average Bonchev–Trinajstić information content (AvgIpc) is 3.38. The summed E-state index contributed by atoms with van der Waals surface area (Å²) in [6.07, 6.45) is 4.95. The van der Waals surface area contributed by atoms with Crippen molar-refractivity contribution in [3.8, 4) is 0 Å². The van der Waals surface area contributed by atoms with Gasteiger partial charge in [0.1, 0.15) is 4.99 Å². The van der Waals surface area contributed by atoms with Crippen molar-refractivity contribution in [3.63, 3.8) is 0 Å². The third-order valence-electron chi connectivity index (χ3n) is 4.14. The van der Waals surface area contributed by atoms with E-state index in [9.17, 15) is 4.79 Å². The lowest BCUT2D eigenvalue weighted by Crippen LogP contribution is -2.46. The largest absolute Gasteiger partial charge is 0.302 e. The van der Waals surface area contributed by atoms with Gasteiger partial charge in [-0.2, -0.15) is 0 Å². The fourth-order valence-corrected chi connectivity index (χ4v) is 3.19. The summed E-state index contributed by atoms with van der Waals surface area (Å²) in [5.74, 6) is 0.799. The van der Waals surface area contributed by atoms with Gasteiger partial charge in [0.25, 0.3) is 0 Å². The van der Waals surface area contributed by atoms with Crippen molar-refractivity contribution in [2.75, 3.05) is 14.1 Å². The number of nitrogens with one attached hydrogen (secondary N) is 1. The number of carbonyl (C=O) groups is 1. The second kappa shape index (κ2) is 7.61. The maximum atomic E-state index is 12.1. The maximum absolute atomic E-state index is 12.1. The molecule has 1 amide bonds. The molecule has 0 aliphatic heterocycles. The van der Waals surface area contributed by atoms with Crippen LogP contribution in [0.5, 0.6) is 0 Å². The first-order chi connectivity index (χ1) is 11.2. The molecule has 2 aliphatic rings. The zero-order valence-electron chi connectivity index (χ0n) is 14.7. The van der Waals surface area contributed by atoms with Crippen molar-refractivity contribution in [1.29, 1.82) is 0 Å². The van der Waals surface area contributed by atoms with Crippen LogP contribution in [0.15, 0.2) is 24.6 Å². The molecule has 24 heavy (non-hydrogen) atoms. The highest BCUT2D eigenvalue weighted by atomic mass is 32.1. The van der Waals surface area contributed by atoms with Gasteiger partial charge in [0.15, 0.2) is 0 Å². The Morgan fingerprint density at radius 3 is 2.04 bits per heavy atom. The SMILES string of the molecule is C=C(CC(=C)N(C(C)=O)N(C)C(=S)C1CC1)NN(C)C(=S)C1CC1. The summed E-state index contributed by atoms with van der Waals surface area (Å²) >= 11 is 10.9. The summed E-state index contributed by atoms with van der Waals surface area (Å²) in [7, 11) is 3.71. The van der Waals surface area contributed by atoms with Crippen molar-refractivity contribution in [3.05, 3.63) is 24.6 Å². The normalized spacial score (nSPS) is 16.1. The highest BCUT2D eigenvalue weighted by Gasteiger charge is 2.32. The van der Waals surface area contributed by atoms with Gasteiger partial charge in [0, 0.05) is 50.7 Å². The number of carbonyl (C=O) groups excluding carboxylic acids is 1. The van der Waals surface area contributed by atoms with Crippen molar-refractivity contribution in [2.24, 2.45) is 11.8 Å². The molecular weight excluding hydrogens is 340 g/mol. The lowest BCUT2D eigenvalue weighted by molar-refractivity contribution is -0.135. The van der Waals surface area contributed by atoms with Gasteiger partial charge in [0.05, 0.1) is 4.99 Å². The van der Waals surface area contributed by atoms with Crippen LogP contribution in [0, 0.1) is 11.8 Å². The molecule has 0 atom stereocenters. The van der Waals surface area contributed by atoms with Crippen LogP contribution in [0.4, 0.5) is 0 Å². The molecule has 7 heteroatoms. The minimum absolute atomic E-state index is 0.111. The van der Waals surface area contributed by atoms with E-state index in [4.69, 9.17) is 24.4 Å². The van der Waals surface area contributed by atoms with Gasteiger partial charge in [-0.25, -0.2) is 5.01 Å². The summed E-state index contributed by atoms with van der Waals surface area (Å²) in [5.41, 5.74) is 4.55. The van der Waals surface area contributed by atoms with Gasteiger partial charge >= 0.3 is 0 Å². The van der Waals surface area contributed by atoms with Crippen LogP contribution in [0.3, 0.4) is 0 Å². The Morgan fingerprint density at radius 1 is 1.08 bits per heavy atom. The summed E-state index contributed by atoms with van der Waals surface area (Å²) in [5, 5.41) is 5.11. The topological polar surface area (TPSA) is 38.8 Å². The van der Waals surface area contributed by atoms with Crippen LogP contribution in [0.1, 0.15) is 39.0 Å². The molecule has 2 saturated carbocycles. The Balaban J connectivity index is 1.91. The number of nitrogens with zero attached hydrogens (tertiary/aromatic N) is 3. The molecule has 0 aromatic rings. The van der Waals surface area contributed by atoms with Gasteiger partial charge in [-0.1, -0.05) is 37.6 Å². The first-order valence-electron chi connectivity index (χ1n) is 8.20. The lowest BCUT2D eigenvalue weighted by Gasteiger charge is -2.35. The fourth-order valence-electron chi connectivity index (χ4n) is 2.60. The minimum atomic E-state index is -0.111. The number of amides is 1. The van der Waals surface area contributed by atoms with Crippen molar-refractivity contribution < 1.29 is 4.79 Å². The fraction of sp³-hybridized carbons (Fsp3) is 0.588. The van der Waals surface area contributed by atoms with Gasteiger partial charge in [-0.15, -0.1) is 0 Å². The lowest BCUT2D eigenvalue weighted by atomic mass is 10.2. The minimum Gasteiger partial charge on any atom is -0.302 e. The standard InChI is InChI=1S/C17H26N4OS2/c1-11(18-19(4)16(23)14-6-7-14)10-12(2)21(13(3)22)20(5)17(24)15-8-9-15/h14-15,18H,1-2,6-10H2,3-5H3. The zero-order valence-corrected chi connectivity index (χ0v) is 16.3. The zero-order chi connectivity index (χ0) is 18.0. The molecule has 0 bridgehead atoms. The first-order valence-corrected chi connectivity index (χ1v) is 9.02. The van der Waals surface area contributed by atoms with Gasteiger partial charge < -0.3 is 5.43 Å². The molecule has 0 saturated heterocycles. The molecule has 132 valence electrons. The van der Waals surface area contributed by atoms with Crippen molar-refractivity contribution in [1.82, 2.24) is 20.5 Å². The van der Waals surface area contributed by atoms with Crippen LogP contribution in [-0.4, -0.2) is 45.0 Å². The van der Waals surface area contributed by atoms with Crippen LogP contribution in [0.25, 0.3) is 0 Å². The highest BCUT2D eigenvalue weighted by Crippen LogP contribution is 2.33. The quantitative estimate of drug-likeness (QED) is 0.552. The Kier molecular flexibility index (Phi) is 5.98. The molecule has 0 unspecified atom stereocenters. The molecule has 5 nitrogen and oxygen atoms in total. The summed E-state index contributed by atoms with van der Waals surface area (Å²) in [4.78, 5) is 13.8. The predicted octanol–water partition coefficient (Wildman–Crippen LogP) is 3.01. The van der Waals surface area contributed by atoms with Crippen LogP contribution >= 0.6 is 24.4 Å². The van der Waals surface area contributed by atoms with E-state index >= 15 is 0 Å². The Labute approximate surface area is 155 Å². The number of thiocarbonyl (C=S) groups is 2. The Bertz CT molecular complexity index is 581. The molecular formula is C17H26N4OS2. The highest BCUT2D eigenvalue weighted by molar-refractivity contribution is 7.80. The third-order valence-corrected chi connectivity index (χ3v) is 5.35. The summed E-state index contributed by atoms with van der Waals surface area (Å²) in [6, 6.07) is 0. The van der Waals surface area contributed by atoms with E-state index in [-0.39, 0.29) is 5.91 Å². The number of hydrogen-bond donors (Lipinski definition) is 1. The second-order valence-electron chi connectivity index (χ2n) is 6.60. The Morgan fingerprint density at radius 2 is 1.58 bits per heavy atom. The van der Waals surface area contributed by atoms with Crippen molar-refractivity contribution in [2.45, 2.75) is 39.0 Å². The molecule has 0 radical (unpaired) electrons. The van der Waals surface area contributed by atoms with Crippen LogP contribution in [0.2, 0.25) is 0 Å². The number of rotatable bonds is 7. The molecule has 0 aromatic heterocycles. The van der Waals surface area contributed by atoms with E-state index in [1.807, 2.05) is 19.1 Å². The molecule has 1 N–H and O–H groups in total. The van der Waals surface area contributed by atoms with E-state index in [2.05, 4.69) is 18.6 Å². The van der Waals surface area contributed by atoms with E-state index in [1.165, 1.54) is 11.9 Å². The number of hydrazine groups is 2. The summed E-state index contributed by atoms with van der Waals surface area (Å²) in [6.45, 7) is 9.59. The molecule has 2 rings (SSSR count). The van der Waals surface area contributed by atoms with E-state index in [0.717, 1.165) is 41.4 Å². The monoisotopic (exact) mass is 366 g/mol. The van der Waals surface area contributed by atoms with Crippen molar-refractivity contribution >= 4 is 40.3 Å². The van der Waals surface area contributed by atoms with Gasteiger partial charge in [0.2, 0.25) is 5.91 Å². The second-order valence-corrected chi connectivity index (χ2v) is 7.43. The van der Waals surface area contributed by atoms with Crippen LogP contribution in [-0.2, 0) is 4.79 Å². The number of hydrogen-bond acceptors (Lipinski definition) is 4. The van der Waals surface area contributed by atoms with E-state index in [0.29, 0.717) is 24.0 Å². The molecule has 0 spiro atoms. The van der Waals surface area contributed by atoms with E-state index < -0.39 is 0 Å². The van der Waals surface area contributed by atoms with Gasteiger partial charge in [-0.3, -0.25) is 14.8 Å². The molecule has 2 aliphatic carbocycles. The molecule has 2 fully saturated rings. The van der Waals surface area contributed by atoms with E-state index in [1.54, 1.807) is 5.01 Å². The predicted molar refractivity (Wildman–Crippen MR) is 105 cm³/mol. The molecule has 0 aromatic carbocycles. The smallest absolute Gasteiger partial charge is 0.242 e. The summed E-state index contributed by atoms with van der Waals surface area (Å²) < 4.78 is 0. The third kappa shape index (κ3) is 4.77. The first kappa shape index (κ1) is 18.9. The Hall–Kier alpha value is -1.47. The van der Waals surface area contributed by atoms with Gasteiger partial charge in [-0.05, 0) is 25.7 Å². The van der Waals surface area contributed by atoms with Crippen LogP contribution < -0.4 is 5.43 Å². The average molecular weight is 367 g/mol. The maximum Gasteiger partial charge on any atom is 0.242 e.